The topological polar surface area (TPSA) is 59.0 Å². The average molecular weight is 281 g/mol. The molecule has 0 fully saturated rings. The maximum atomic E-state index is 12.4. The van der Waals surface area contributed by atoms with E-state index in [0.29, 0.717) is 24.5 Å². The van der Waals surface area contributed by atoms with Crippen LogP contribution in [0.3, 0.4) is 0 Å². The lowest BCUT2D eigenvalue weighted by atomic mass is 10.2. The van der Waals surface area contributed by atoms with E-state index in [4.69, 9.17) is 14.6 Å². The number of carbonyl (C=O) groups excluding carboxylic acids is 1. The molecule has 0 radical (unpaired) electrons. The van der Waals surface area contributed by atoms with Crippen molar-refractivity contribution in [1.29, 1.82) is 0 Å². The molecule has 0 heterocycles. The highest BCUT2D eigenvalue weighted by atomic mass is 16.5. The molecule has 0 aromatic heterocycles. The molecule has 5 nitrogen and oxygen atoms in total. The molecule has 20 heavy (non-hydrogen) atoms. The van der Waals surface area contributed by atoms with Crippen LogP contribution in [0.25, 0.3) is 0 Å². The number of hydrogen-bond donors (Lipinski definition) is 1. The van der Waals surface area contributed by atoms with E-state index < -0.39 is 0 Å². The van der Waals surface area contributed by atoms with Gasteiger partial charge in [0.15, 0.2) is 0 Å². The molecule has 0 saturated carbocycles. The zero-order chi connectivity index (χ0) is 15.0. The Hall–Kier alpha value is -1.59. The first-order chi connectivity index (χ1) is 9.58. The molecular weight excluding hydrogens is 258 g/mol. The Balaban J connectivity index is 2.82. The summed E-state index contributed by atoms with van der Waals surface area (Å²) >= 11 is 0. The zero-order valence-corrected chi connectivity index (χ0v) is 12.3. The molecule has 0 aliphatic rings. The fraction of sp³-hybridized carbons (Fsp3) is 0.533. The second-order valence-corrected chi connectivity index (χ2v) is 4.70. The molecule has 5 heteroatoms. The van der Waals surface area contributed by atoms with Crippen LogP contribution in [-0.2, 0) is 4.74 Å². The van der Waals surface area contributed by atoms with Gasteiger partial charge in [-0.25, -0.2) is 0 Å². The fourth-order valence-electron chi connectivity index (χ4n) is 1.79. The minimum atomic E-state index is -0.134. The second-order valence-electron chi connectivity index (χ2n) is 4.70. The maximum Gasteiger partial charge on any atom is 0.254 e. The van der Waals surface area contributed by atoms with Crippen molar-refractivity contribution in [3.05, 3.63) is 29.8 Å². The molecule has 0 unspecified atom stereocenters. The molecule has 1 aromatic carbocycles. The first-order valence-corrected chi connectivity index (χ1v) is 6.74. The predicted octanol–water partition coefficient (Wildman–Crippen LogP) is 1.55. The van der Waals surface area contributed by atoms with Gasteiger partial charge in [0.1, 0.15) is 5.75 Å². The lowest BCUT2D eigenvalue weighted by Crippen LogP contribution is -2.36. The van der Waals surface area contributed by atoms with Crippen LogP contribution < -0.4 is 4.74 Å². The number of nitrogens with zero attached hydrogens (tertiary/aromatic N) is 1. The molecule has 1 N–H and O–H groups in total. The summed E-state index contributed by atoms with van der Waals surface area (Å²) in [5.74, 6) is 0.534. The molecule has 112 valence electrons. The van der Waals surface area contributed by atoms with Crippen molar-refractivity contribution < 1.29 is 19.4 Å². The molecule has 0 bridgehead atoms. The van der Waals surface area contributed by atoms with E-state index in [-0.39, 0.29) is 25.2 Å². The van der Waals surface area contributed by atoms with Crippen LogP contribution in [0.4, 0.5) is 0 Å². The lowest BCUT2D eigenvalue weighted by Gasteiger charge is -2.21. The number of aliphatic hydroxyl groups excluding tert-OH is 1. The number of amides is 1. The number of carbonyl (C=O) groups is 1. The van der Waals surface area contributed by atoms with E-state index in [1.165, 1.54) is 0 Å². The van der Waals surface area contributed by atoms with Gasteiger partial charge in [0, 0.05) is 25.8 Å². The van der Waals surface area contributed by atoms with Crippen LogP contribution >= 0.6 is 0 Å². The summed E-state index contributed by atoms with van der Waals surface area (Å²) in [7, 11) is 1.58. The van der Waals surface area contributed by atoms with Crippen LogP contribution in [0.5, 0.6) is 5.75 Å². The number of aliphatic hydroxyl groups is 1. The number of ether oxygens (including phenoxy) is 2. The summed E-state index contributed by atoms with van der Waals surface area (Å²) in [6.45, 7) is 4.98. The summed E-state index contributed by atoms with van der Waals surface area (Å²) in [6, 6.07) is 7.08. The highest BCUT2D eigenvalue weighted by molar-refractivity contribution is 5.94. The van der Waals surface area contributed by atoms with Crippen LogP contribution in [0.15, 0.2) is 24.3 Å². The zero-order valence-electron chi connectivity index (χ0n) is 12.3. The van der Waals surface area contributed by atoms with E-state index in [9.17, 15) is 4.79 Å². The van der Waals surface area contributed by atoms with Crippen molar-refractivity contribution in [3.63, 3.8) is 0 Å². The molecule has 1 rings (SSSR count). The molecule has 0 aliphatic carbocycles. The number of hydrogen-bond acceptors (Lipinski definition) is 4. The van der Waals surface area contributed by atoms with E-state index >= 15 is 0 Å². The van der Waals surface area contributed by atoms with Crippen LogP contribution in [0.2, 0.25) is 0 Å². The van der Waals surface area contributed by atoms with Crippen LogP contribution in [0.1, 0.15) is 24.2 Å². The Morgan fingerprint density at radius 2 is 2.10 bits per heavy atom. The van der Waals surface area contributed by atoms with E-state index in [0.717, 1.165) is 0 Å². The normalized spacial score (nSPS) is 10.7. The van der Waals surface area contributed by atoms with Gasteiger partial charge in [0.2, 0.25) is 0 Å². The van der Waals surface area contributed by atoms with E-state index in [1.54, 1.807) is 30.2 Å². The Kier molecular flexibility index (Phi) is 7.04. The Morgan fingerprint density at radius 1 is 1.35 bits per heavy atom. The van der Waals surface area contributed by atoms with Gasteiger partial charge < -0.3 is 19.5 Å². The van der Waals surface area contributed by atoms with Gasteiger partial charge >= 0.3 is 0 Å². The largest absolute Gasteiger partial charge is 0.491 e. The molecule has 0 saturated heterocycles. The smallest absolute Gasteiger partial charge is 0.254 e. The van der Waals surface area contributed by atoms with Gasteiger partial charge in [-0.3, -0.25) is 4.79 Å². The van der Waals surface area contributed by atoms with Gasteiger partial charge in [-0.05, 0) is 32.0 Å². The maximum absolute atomic E-state index is 12.4. The SMILES string of the molecule is COCCN(CCO)C(=O)c1cccc(OC(C)C)c1. The first-order valence-electron chi connectivity index (χ1n) is 6.74. The van der Waals surface area contributed by atoms with Gasteiger partial charge in [-0.1, -0.05) is 6.07 Å². The van der Waals surface area contributed by atoms with Crippen molar-refractivity contribution in [2.24, 2.45) is 0 Å². The van der Waals surface area contributed by atoms with Crippen molar-refractivity contribution in [2.45, 2.75) is 20.0 Å². The van der Waals surface area contributed by atoms with Crippen LogP contribution in [0, 0.1) is 0 Å². The Labute approximate surface area is 120 Å². The molecule has 1 aromatic rings. The second kappa shape index (κ2) is 8.55. The van der Waals surface area contributed by atoms with Crippen molar-refractivity contribution >= 4 is 5.91 Å². The minimum absolute atomic E-state index is 0.0578. The third-order valence-electron chi connectivity index (χ3n) is 2.68. The summed E-state index contributed by atoms with van der Waals surface area (Å²) in [6.07, 6.45) is 0.0578. The third kappa shape index (κ3) is 5.19. The predicted molar refractivity (Wildman–Crippen MR) is 77.1 cm³/mol. The minimum Gasteiger partial charge on any atom is -0.491 e. The molecule has 1 amide bonds. The molecule has 0 spiro atoms. The number of rotatable bonds is 8. The first kappa shape index (κ1) is 16.5. The summed E-state index contributed by atoms with van der Waals surface area (Å²) < 4.78 is 10.6. The molecule has 0 aliphatic heterocycles. The van der Waals surface area contributed by atoms with E-state index in [1.807, 2.05) is 19.9 Å². The Morgan fingerprint density at radius 3 is 2.70 bits per heavy atom. The highest BCUT2D eigenvalue weighted by Gasteiger charge is 2.15. The lowest BCUT2D eigenvalue weighted by molar-refractivity contribution is 0.0656. The standard InChI is InChI=1S/C15H23NO4/c1-12(2)20-14-6-4-5-13(11-14)15(18)16(7-9-17)8-10-19-3/h4-6,11-12,17H,7-10H2,1-3H3. The third-order valence-corrected chi connectivity index (χ3v) is 2.68. The summed E-state index contributed by atoms with van der Waals surface area (Å²) in [5, 5.41) is 9.05. The van der Waals surface area contributed by atoms with Gasteiger partial charge in [0.05, 0.1) is 19.3 Å². The van der Waals surface area contributed by atoms with Gasteiger partial charge in [-0.2, -0.15) is 0 Å². The summed E-state index contributed by atoms with van der Waals surface area (Å²) in [5.41, 5.74) is 0.549. The highest BCUT2D eigenvalue weighted by Crippen LogP contribution is 2.16. The Bertz CT molecular complexity index is 420. The molecule has 0 atom stereocenters. The average Bonchev–Trinajstić information content (AvgIpc) is 2.42. The fourth-order valence-corrected chi connectivity index (χ4v) is 1.79. The number of benzene rings is 1. The van der Waals surface area contributed by atoms with Gasteiger partial charge in [-0.15, -0.1) is 0 Å². The van der Waals surface area contributed by atoms with Gasteiger partial charge in [0.25, 0.3) is 5.91 Å². The van der Waals surface area contributed by atoms with Crippen molar-refractivity contribution in [3.8, 4) is 5.75 Å². The van der Waals surface area contributed by atoms with E-state index in [2.05, 4.69) is 0 Å². The monoisotopic (exact) mass is 281 g/mol. The van der Waals surface area contributed by atoms with Crippen molar-refractivity contribution in [1.82, 2.24) is 4.90 Å². The van der Waals surface area contributed by atoms with Crippen LogP contribution in [-0.4, -0.2) is 55.4 Å². The molecular formula is C15H23NO4. The summed E-state index contributed by atoms with van der Waals surface area (Å²) in [4.78, 5) is 13.9. The number of methoxy groups -OCH3 is 1. The van der Waals surface area contributed by atoms with Crippen molar-refractivity contribution in [2.75, 3.05) is 33.4 Å². The quantitative estimate of drug-likeness (QED) is 0.785.